The van der Waals surface area contributed by atoms with Gasteiger partial charge in [0.05, 0.1) is 12.4 Å². The Morgan fingerprint density at radius 3 is 2.50 bits per heavy atom. The van der Waals surface area contributed by atoms with E-state index in [9.17, 15) is 8.42 Å². The van der Waals surface area contributed by atoms with Crippen molar-refractivity contribution >= 4 is 39.7 Å². The van der Waals surface area contributed by atoms with Crippen molar-refractivity contribution in [3.05, 3.63) is 12.7 Å². The van der Waals surface area contributed by atoms with E-state index in [1.165, 1.54) is 0 Å². The molecule has 12 heavy (non-hydrogen) atoms. The van der Waals surface area contributed by atoms with Crippen LogP contribution in [0.5, 0.6) is 0 Å². The Hall–Kier alpha value is 0.610. The summed E-state index contributed by atoms with van der Waals surface area (Å²) in [6.45, 7) is 4.15. The zero-order valence-electron chi connectivity index (χ0n) is 6.19. The van der Waals surface area contributed by atoms with E-state index in [2.05, 4.69) is 6.58 Å². The third kappa shape index (κ3) is 13.2. The van der Waals surface area contributed by atoms with Crippen LogP contribution in [0.3, 0.4) is 0 Å². The van der Waals surface area contributed by atoms with Crippen LogP contribution in [-0.4, -0.2) is 61.5 Å². The van der Waals surface area contributed by atoms with E-state index in [-0.39, 0.29) is 35.3 Å². The van der Waals surface area contributed by atoms with Crippen molar-refractivity contribution in [3.8, 4) is 0 Å². The molecule has 0 aliphatic carbocycles. The van der Waals surface area contributed by atoms with Crippen molar-refractivity contribution in [3.63, 3.8) is 0 Å². The molecule has 0 radical (unpaired) electrons. The second-order valence-electron chi connectivity index (χ2n) is 2.00. The van der Waals surface area contributed by atoms with Crippen LogP contribution in [0.15, 0.2) is 12.7 Å². The van der Waals surface area contributed by atoms with Crippen LogP contribution in [0.1, 0.15) is 6.42 Å². The SMILES string of the molecule is C=CCOCCCS(=O)(=O)O.[NaH]. The van der Waals surface area contributed by atoms with Gasteiger partial charge in [0.2, 0.25) is 0 Å². The van der Waals surface area contributed by atoms with E-state index in [0.717, 1.165) is 0 Å². The fourth-order valence-electron chi connectivity index (χ4n) is 0.510. The Morgan fingerprint density at radius 2 is 2.08 bits per heavy atom. The van der Waals surface area contributed by atoms with Crippen LogP contribution in [-0.2, 0) is 14.9 Å². The van der Waals surface area contributed by atoms with Crippen LogP contribution < -0.4 is 0 Å². The second-order valence-corrected chi connectivity index (χ2v) is 3.58. The van der Waals surface area contributed by atoms with Gasteiger partial charge in [0.25, 0.3) is 10.1 Å². The van der Waals surface area contributed by atoms with Gasteiger partial charge in [-0.2, -0.15) is 8.42 Å². The van der Waals surface area contributed by atoms with E-state index in [0.29, 0.717) is 19.6 Å². The summed E-state index contributed by atoms with van der Waals surface area (Å²) in [4.78, 5) is 0. The Labute approximate surface area is 95.0 Å². The molecule has 0 atom stereocenters. The molecule has 0 aromatic rings. The summed E-state index contributed by atoms with van der Waals surface area (Å²) in [5, 5.41) is 0. The minimum absolute atomic E-state index is 0. The molecule has 0 aliphatic heterocycles. The first-order valence-corrected chi connectivity index (χ1v) is 4.81. The molecule has 6 heteroatoms. The molecule has 0 bridgehead atoms. The summed E-state index contributed by atoms with van der Waals surface area (Å²) >= 11 is 0. The molecule has 0 heterocycles. The maximum atomic E-state index is 10.1. The van der Waals surface area contributed by atoms with Crippen LogP contribution in [0.4, 0.5) is 0 Å². The zero-order valence-corrected chi connectivity index (χ0v) is 7.01. The van der Waals surface area contributed by atoms with Gasteiger partial charge in [0.1, 0.15) is 0 Å². The molecule has 0 saturated heterocycles. The van der Waals surface area contributed by atoms with Gasteiger partial charge < -0.3 is 4.74 Å². The molecule has 0 aliphatic rings. The van der Waals surface area contributed by atoms with Gasteiger partial charge in [-0.15, -0.1) is 6.58 Å². The van der Waals surface area contributed by atoms with E-state index in [1.807, 2.05) is 0 Å². The van der Waals surface area contributed by atoms with Crippen molar-refractivity contribution in [2.45, 2.75) is 6.42 Å². The average molecular weight is 204 g/mol. The number of hydrogen-bond donors (Lipinski definition) is 1. The van der Waals surface area contributed by atoms with E-state index >= 15 is 0 Å². The fourth-order valence-corrected chi connectivity index (χ4v) is 0.993. The molecule has 0 amide bonds. The first kappa shape index (κ1) is 15.1. The molecular weight excluding hydrogens is 191 g/mol. The van der Waals surface area contributed by atoms with Crippen molar-refractivity contribution < 1.29 is 17.7 Å². The molecule has 1 N–H and O–H groups in total. The first-order chi connectivity index (χ1) is 5.06. The molecule has 0 aromatic carbocycles. The van der Waals surface area contributed by atoms with Crippen LogP contribution >= 0.6 is 0 Å². The molecule has 0 aromatic heterocycles. The van der Waals surface area contributed by atoms with Crippen molar-refractivity contribution in [2.24, 2.45) is 0 Å². The Morgan fingerprint density at radius 1 is 1.50 bits per heavy atom. The quantitative estimate of drug-likeness (QED) is 0.282. The molecule has 0 rings (SSSR count). The van der Waals surface area contributed by atoms with Gasteiger partial charge in [0.15, 0.2) is 0 Å². The predicted molar refractivity (Wildman–Crippen MR) is 49.2 cm³/mol. The van der Waals surface area contributed by atoms with Crippen LogP contribution in [0.2, 0.25) is 0 Å². The number of rotatable bonds is 6. The number of ether oxygens (including phenoxy) is 1. The van der Waals surface area contributed by atoms with Crippen molar-refractivity contribution in [1.82, 2.24) is 0 Å². The fraction of sp³-hybridized carbons (Fsp3) is 0.667. The van der Waals surface area contributed by atoms with Gasteiger partial charge in [-0.25, -0.2) is 0 Å². The van der Waals surface area contributed by atoms with Gasteiger partial charge in [-0.05, 0) is 6.42 Å². The summed E-state index contributed by atoms with van der Waals surface area (Å²) in [5.41, 5.74) is 0. The summed E-state index contributed by atoms with van der Waals surface area (Å²) in [6, 6.07) is 0. The summed E-state index contributed by atoms with van der Waals surface area (Å²) in [5.74, 6) is -0.246. The topological polar surface area (TPSA) is 63.6 Å². The van der Waals surface area contributed by atoms with Gasteiger partial charge >= 0.3 is 29.6 Å². The average Bonchev–Trinajstić information content (AvgIpc) is 1.85. The minimum atomic E-state index is -3.82. The molecule has 0 spiro atoms. The molecule has 68 valence electrons. The summed E-state index contributed by atoms with van der Waals surface area (Å²) in [7, 11) is -3.82. The second kappa shape index (κ2) is 8.22. The standard InChI is InChI=1S/C6H12O4S.Na.H/c1-2-4-10-5-3-6-11(7,8)9;;/h2H,1,3-6H2,(H,7,8,9);;. The molecule has 0 saturated carbocycles. The van der Waals surface area contributed by atoms with Crippen LogP contribution in [0.25, 0.3) is 0 Å². The molecule has 0 fully saturated rings. The predicted octanol–water partition coefficient (Wildman–Crippen LogP) is -0.182. The normalized spacial score (nSPS) is 10.4. The van der Waals surface area contributed by atoms with Gasteiger partial charge in [-0.1, -0.05) is 6.08 Å². The monoisotopic (exact) mass is 204 g/mol. The number of hydrogen-bond acceptors (Lipinski definition) is 3. The molecular formula is C6H13NaO4S. The van der Waals surface area contributed by atoms with Crippen LogP contribution in [0, 0.1) is 0 Å². The van der Waals surface area contributed by atoms with E-state index < -0.39 is 10.1 Å². The van der Waals surface area contributed by atoms with E-state index in [4.69, 9.17) is 9.29 Å². The Balaban J connectivity index is 0. The van der Waals surface area contributed by atoms with E-state index in [1.54, 1.807) is 6.08 Å². The molecule has 0 unspecified atom stereocenters. The Bertz CT molecular complexity index is 200. The van der Waals surface area contributed by atoms with Crippen molar-refractivity contribution in [1.29, 1.82) is 0 Å². The van der Waals surface area contributed by atoms with Crippen molar-refractivity contribution in [2.75, 3.05) is 19.0 Å². The first-order valence-electron chi connectivity index (χ1n) is 3.20. The zero-order chi connectivity index (χ0) is 8.74. The summed E-state index contributed by atoms with van der Waals surface area (Å²) in [6.07, 6.45) is 1.89. The summed E-state index contributed by atoms with van der Waals surface area (Å²) < 4.78 is 33.4. The third-order valence-corrected chi connectivity index (χ3v) is 1.73. The molecule has 4 nitrogen and oxygen atoms in total. The third-order valence-electron chi connectivity index (χ3n) is 0.927. The van der Waals surface area contributed by atoms with Gasteiger partial charge in [0, 0.05) is 6.61 Å². The maximum absolute atomic E-state index is 10.1. The van der Waals surface area contributed by atoms with Gasteiger partial charge in [-0.3, -0.25) is 4.55 Å². The Kier molecular flexibility index (Phi) is 10.3.